The largest absolute Gasteiger partial charge is 0.481 e. The Balaban J connectivity index is 2.25. The van der Waals surface area contributed by atoms with Gasteiger partial charge in [0.05, 0.1) is 6.04 Å². The fourth-order valence-corrected chi connectivity index (χ4v) is 2.12. The van der Waals surface area contributed by atoms with E-state index in [1.165, 1.54) is 0 Å². The maximum Gasteiger partial charge on any atom is 0.303 e. The SMILES string of the molecule is CC1CCC(NC(=O)C(N)CCC(=O)O)CC1. The molecule has 1 aliphatic carbocycles. The van der Waals surface area contributed by atoms with Crippen LogP contribution in [0.2, 0.25) is 0 Å². The average molecular weight is 242 g/mol. The zero-order valence-corrected chi connectivity index (χ0v) is 10.3. The topological polar surface area (TPSA) is 92.4 Å². The number of rotatable bonds is 5. The van der Waals surface area contributed by atoms with Gasteiger partial charge in [-0.1, -0.05) is 6.92 Å². The van der Waals surface area contributed by atoms with Crippen molar-refractivity contribution in [3.63, 3.8) is 0 Å². The number of aliphatic carboxylic acids is 1. The lowest BCUT2D eigenvalue weighted by atomic mass is 9.87. The van der Waals surface area contributed by atoms with Crippen LogP contribution >= 0.6 is 0 Å². The predicted octanol–water partition coefficient (Wildman–Crippen LogP) is 0.873. The maximum absolute atomic E-state index is 11.7. The average Bonchev–Trinajstić information content (AvgIpc) is 2.28. The summed E-state index contributed by atoms with van der Waals surface area (Å²) in [4.78, 5) is 22.0. The van der Waals surface area contributed by atoms with E-state index in [9.17, 15) is 9.59 Å². The van der Waals surface area contributed by atoms with Gasteiger partial charge < -0.3 is 16.2 Å². The first-order valence-corrected chi connectivity index (χ1v) is 6.26. The van der Waals surface area contributed by atoms with Crippen LogP contribution < -0.4 is 11.1 Å². The summed E-state index contributed by atoms with van der Waals surface area (Å²) in [6, 6.07) is -0.486. The van der Waals surface area contributed by atoms with E-state index in [4.69, 9.17) is 10.8 Å². The Hall–Kier alpha value is -1.10. The summed E-state index contributed by atoms with van der Waals surface area (Å²) in [7, 11) is 0. The van der Waals surface area contributed by atoms with Gasteiger partial charge in [0.2, 0.25) is 5.91 Å². The molecule has 1 unspecified atom stereocenters. The molecule has 0 radical (unpaired) electrons. The van der Waals surface area contributed by atoms with Gasteiger partial charge in [0.1, 0.15) is 0 Å². The molecule has 0 aromatic rings. The number of nitrogens with two attached hydrogens (primary N) is 1. The highest BCUT2D eigenvalue weighted by Gasteiger charge is 2.22. The Morgan fingerprint density at radius 2 is 1.94 bits per heavy atom. The molecule has 1 amide bonds. The monoisotopic (exact) mass is 242 g/mol. The van der Waals surface area contributed by atoms with Gasteiger partial charge in [-0.05, 0) is 38.0 Å². The van der Waals surface area contributed by atoms with E-state index < -0.39 is 12.0 Å². The first kappa shape index (κ1) is 14.0. The highest BCUT2D eigenvalue weighted by atomic mass is 16.4. The van der Waals surface area contributed by atoms with Crippen molar-refractivity contribution in [1.82, 2.24) is 5.32 Å². The lowest BCUT2D eigenvalue weighted by Gasteiger charge is -2.27. The molecule has 98 valence electrons. The predicted molar refractivity (Wildman–Crippen MR) is 64.4 cm³/mol. The maximum atomic E-state index is 11.7. The van der Waals surface area contributed by atoms with Gasteiger partial charge in [-0.2, -0.15) is 0 Å². The molecule has 1 atom stereocenters. The number of amides is 1. The standard InChI is InChI=1S/C12H22N2O3/c1-8-2-4-9(5-3-8)14-12(17)10(13)6-7-11(15)16/h8-10H,2-7,13H2,1H3,(H,14,17)(H,15,16). The zero-order chi connectivity index (χ0) is 12.8. The molecule has 1 saturated carbocycles. The molecule has 1 fully saturated rings. The second-order valence-electron chi connectivity index (χ2n) is 5.00. The number of hydrogen-bond donors (Lipinski definition) is 3. The first-order chi connectivity index (χ1) is 7.99. The molecule has 4 N–H and O–H groups in total. The molecule has 1 aliphatic rings. The highest BCUT2D eigenvalue weighted by Crippen LogP contribution is 2.23. The molecule has 0 bridgehead atoms. The van der Waals surface area contributed by atoms with Crippen molar-refractivity contribution in [2.75, 3.05) is 0 Å². The van der Waals surface area contributed by atoms with Gasteiger partial charge in [-0.25, -0.2) is 0 Å². The van der Waals surface area contributed by atoms with E-state index in [1.54, 1.807) is 0 Å². The molecule has 1 rings (SSSR count). The fraction of sp³-hybridized carbons (Fsp3) is 0.833. The third kappa shape index (κ3) is 5.17. The highest BCUT2D eigenvalue weighted by molar-refractivity contribution is 5.82. The van der Waals surface area contributed by atoms with Crippen molar-refractivity contribution in [2.45, 2.75) is 57.5 Å². The molecular formula is C12H22N2O3. The number of nitrogens with one attached hydrogen (secondary N) is 1. The third-order valence-electron chi connectivity index (χ3n) is 3.37. The van der Waals surface area contributed by atoms with Crippen LogP contribution in [-0.4, -0.2) is 29.1 Å². The summed E-state index contributed by atoms with van der Waals surface area (Å²) in [5.41, 5.74) is 5.63. The Kier molecular flexibility index (Phi) is 5.41. The van der Waals surface area contributed by atoms with Gasteiger partial charge in [-0.3, -0.25) is 9.59 Å². The number of carboxylic acid groups (broad SMARTS) is 1. The first-order valence-electron chi connectivity index (χ1n) is 6.26. The molecule has 0 aromatic heterocycles. The lowest BCUT2D eigenvalue weighted by molar-refractivity contribution is -0.137. The fourth-order valence-electron chi connectivity index (χ4n) is 2.12. The summed E-state index contributed by atoms with van der Waals surface area (Å²) in [6.45, 7) is 2.22. The zero-order valence-electron chi connectivity index (χ0n) is 10.3. The van der Waals surface area contributed by atoms with Gasteiger partial charge in [0, 0.05) is 12.5 Å². The smallest absolute Gasteiger partial charge is 0.303 e. The van der Waals surface area contributed by atoms with Gasteiger partial charge in [0.25, 0.3) is 0 Å². The van der Waals surface area contributed by atoms with Crippen LogP contribution in [0.3, 0.4) is 0 Å². The van der Waals surface area contributed by atoms with Crippen molar-refractivity contribution >= 4 is 11.9 Å². The van der Waals surface area contributed by atoms with Crippen LogP contribution in [0.5, 0.6) is 0 Å². The number of carboxylic acids is 1. The summed E-state index contributed by atoms with van der Waals surface area (Å²) in [6.07, 6.45) is 4.41. The van der Waals surface area contributed by atoms with Crippen LogP contribution in [0, 0.1) is 5.92 Å². The molecule has 0 aromatic carbocycles. The Morgan fingerprint density at radius 1 is 1.35 bits per heavy atom. The molecular weight excluding hydrogens is 220 g/mol. The van der Waals surface area contributed by atoms with E-state index in [1.807, 2.05) is 0 Å². The van der Waals surface area contributed by atoms with E-state index in [2.05, 4.69) is 12.2 Å². The van der Waals surface area contributed by atoms with E-state index >= 15 is 0 Å². The minimum Gasteiger partial charge on any atom is -0.481 e. The van der Waals surface area contributed by atoms with E-state index in [0.717, 1.165) is 31.6 Å². The van der Waals surface area contributed by atoms with Crippen LogP contribution in [0.1, 0.15) is 45.4 Å². The number of hydrogen-bond acceptors (Lipinski definition) is 3. The molecule has 0 heterocycles. The van der Waals surface area contributed by atoms with Crippen LogP contribution in [0.15, 0.2) is 0 Å². The van der Waals surface area contributed by atoms with Gasteiger partial charge in [0.15, 0.2) is 0 Å². The van der Waals surface area contributed by atoms with Crippen molar-refractivity contribution in [3.8, 4) is 0 Å². The Bertz CT molecular complexity index is 273. The molecule has 0 spiro atoms. The quantitative estimate of drug-likeness (QED) is 0.667. The number of carbonyl (C=O) groups is 2. The van der Waals surface area contributed by atoms with Crippen molar-refractivity contribution in [2.24, 2.45) is 11.7 Å². The third-order valence-corrected chi connectivity index (χ3v) is 3.37. The molecule has 0 saturated heterocycles. The molecule has 5 nitrogen and oxygen atoms in total. The van der Waals surface area contributed by atoms with Gasteiger partial charge >= 0.3 is 5.97 Å². The summed E-state index contributed by atoms with van der Waals surface area (Å²) in [5, 5.41) is 11.4. The van der Waals surface area contributed by atoms with Crippen LogP contribution in [0.4, 0.5) is 0 Å². The number of carbonyl (C=O) groups excluding carboxylic acids is 1. The lowest BCUT2D eigenvalue weighted by Crippen LogP contribution is -2.46. The Labute approximate surface area is 102 Å². The summed E-state index contributed by atoms with van der Waals surface area (Å²) < 4.78 is 0. The molecule has 17 heavy (non-hydrogen) atoms. The minimum atomic E-state index is -0.917. The van der Waals surface area contributed by atoms with Crippen molar-refractivity contribution in [3.05, 3.63) is 0 Å². The molecule has 5 heteroatoms. The second-order valence-corrected chi connectivity index (χ2v) is 5.00. The normalized spacial score (nSPS) is 26.2. The van der Waals surface area contributed by atoms with Crippen molar-refractivity contribution < 1.29 is 14.7 Å². The van der Waals surface area contributed by atoms with Crippen molar-refractivity contribution in [1.29, 1.82) is 0 Å². The van der Waals surface area contributed by atoms with E-state index in [-0.39, 0.29) is 24.8 Å². The van der Waals surface area contributed by atoms with Crippen LogP contribution in [-0.2, 0) is 9.59 Å². The van der Waals surface area contributed by atoms with Gasteiger partial charge in [-0.15, -0.1) is 0 Å². The summed E-state index contributed by atoms with van der Waals surface area (Å²) in [5.74, 6) is -0.394. The second kappa shape index (κ2) is 6.59. The van der Waals surface area contributed by atoms with E-state index in [0.29, 0.717) is 0 Å². The van der Waals surface area contributed by atoms with Crippen LogP contribution in [0.25, 0.3) is 0 Å². The summed E-state index contributed by atoms with van der Waals surface area (Å²) >= 11 is 0. The molecule has 0 aliphatic heterocycles. The Morgan fingerprint density at radius 3 is 2.47 bits per heavy atom. The minimum absolute atomic E-state index is 0.0592.